The van der Waals surface area contributed by atoms with Gasteiger partial charge in [0.15, 0.2) is 0 Å². The van der Waals surface area contributed by atoms with Crippen molar-refractivity contribution in [3.8, 4) is 0 Å². The maximum atomic E-state index is 5.76. The second-order valence-corrected chi connectivity index (χ2v) is 5.72. The Hall–Kier alpha value is -1.07. The van der Waals surface area contributed by atoms with Crippen molar-refractivity contribution in [3.63, 3.8) is 0 Å². The average molecular weight is 310 g/mol. The van der Waals surface area contributed by atoms with Crippen molar-refractivity contribution in [3.05, 3.63) is 40.0 Å². The summed E-state index contributed by atoms with van der Waals surface area (Å²) in [6.07, 6.45) is 6.35. The summed E-state index contributed by atoms with van der Waals surface area (Å²) >= 11 is 3.39. The molecule has 0 amide bonds. The van der Waals surface area contributed by atoms with E-state index in [1.165, 1.54) is 18.4 Å². The molecule has 0 aromatic carbocycles. The molecule has 96 valence electrons. The fraction of sp³-hybridized carbons (Fsp3) is 0.462. The van der Waals surface area contributed by atoms with Gasteiger partial charge in [-0.3, -0.25) is 4.68 Å². The van der Waals surface area contributed by atoms with Crippen LogP contribution in [-0.2, 0) is 13.1 Å². The smallest absolute Gasteiger partial charge is 0.125 e. The number of hydrogen-bond acceptors (Lipinski definition) is 3. The van der Waals surface area contributed by atoms with Crippen LogP contribution in [0.5, 0.6) is 0 Å². The SMILES string of the molecule is Cc1oc(Cn2cc(Br)cn2)cc1CNC1CC1. The molecular weight excluding hydrogens is 294 g/mol. The van der Waals surface area contributed by atoms with E-state index in [9.17, 15) is 0 Å². The third-order valence-electron chi connectivity index (χ3n) is 3.15. The zero-order chi connectivity index (χ0) is 12.5. The minimum absolute atomic E-state index is 0.676. The molecule has 0 aliphatic heterocycles. The first kappa shape index (κ1) is 12.0. The fourth-order valence-corrected chi connectivity index (χ4v) is 2.30. The molecule has 0 bridgehead atoms. The lowest BCUT2D eigenvalue weighted by molar-refractivity contribution is 0.456. The number of rotatable bonds is 5. The van der Waals surface area contributed by atoms with Crippen molar-refractivity contribution in [1.29, 1.82) is 0 Å². The lowest BCUT2D eigenvalue weighted by atomic mass is 10.2. The van der Waals surface area contributed by atoms with Gasteiger partial charge in [0.1, 0.15) is 11.5 Å². The largest absolute Gasteiger partial charge is 0.464 e. The summed E-state index contributed by atoms with van der Waals surface area (Å²) in [7, 11) is 0. The second-order valence-electron chi connectivity index (χ2n) is 4.81. The molecule has 18 heavy (non-hydrogen) atoms. The van der Waals surface area contributed by atoms with Crippen LogP contribution in [0.25, 0.3) is 0 Å². The highest BCUT2D eigenvalue weighted by Gasteiger charge is 2.20. The summed E-state index contributed by atoms with van der Waals surface area (Å²) in [6, 6.07) is 2.85. The van der Waals surface area contributed by atoms with Crippen LogP contribution in [0.4, 0.5) is 0 Å². The normalized spacial score (nSPS) is 15.2. The minimum atomic E-state index is 0.676. The maximum absolute atomic E-state index is 5.76. The first-order chi connectivity index (χ1) is 8.70. The summed E-state index contributed by atoms with van der Waals surface area (Å²) < 4.78 is 8.61. The molecule has 0 spiro atoms. The van der Waals surface area contributed by atoms with E-state index in [0.29, 0.717) is 6.54 Å². The molecular formula is C13H16BrN3O. The Morgan fingerprint density at radius 1 is 1.56 bits per heavy atom. The van der Waals surface area contributed by atoms with Crippen LogP contribution in [0.1, 0.15) is 29.9 Å². The zero-order valence-corrected chi connectivity index (χ0v) is 11.9. The molecule has 1 aliphatic rings. The van der Waals surface area contributed by atoms with Gasteiger partial charge in [-0.15, -0.1) is 0 Å². The molecule has 1 fully saturated rings. The highest BCUT2D eigenvalue weighted by molar-refractivity contribution is 9.10. The van der Waals surface area contributed by atoms with E-state index >= 15 is 0 Å². The summed E-state index contributed by atoms with van der Waals surface area (Å²) in [5.41, 5.74) is 1.25. The molecule has 0 atom stereocenters. The maximum Gasteiger partial charge on any atom is 0.125 e. The van der Waals surface area contributed by atoms with E-state index in [0.717, 1.165) is 28.6 Å². The van der Waals surface area contributed by atoms with E-state index < -0.39 is 0 Å². The average Bonchev–Trinajstić information content (AvgIpc) is 2.98. The molecule has 4 nitrogen and oxygen atoms in total. The van der Waals surface area contributed by atoms with Crippen molar-refractivity contribution in [2.45, 2.75) is 38.9 Å². The molecule has 1 aliphatic carbocycles. The molecule has 0 saturated heterocycles. The van der Waals surface area contributed by atoms with Crippen LogP contribution in [0.15, 0.2) is 27.3 Å². The van der Waals surface area contributed by atoms with Crippen LogP contribution in [0, 0.1) is 6.92 Å². The first-order valence-electron chi connectivity index (χ1n) is 6.20. The summed E-state index contributed by atoms with van der Waals surface area (Å²) in [5, 5.41) is 7.73. The van der Waals surface area contributed by atoms with Gasteiger partial charge in [-0.05, 0) is 41.8 Å². The Bertz CT molecular complexity index is 542. The lowest BCUT2D eigenvalue weighted by Gasteiger charge is -1.99. The molecule has 0 unspecified atom stereocenters. The Morgan fingerprint density at radius 3 is 3.06 bits per heavy atom. The van der Waals surface area contributed by atoms with Crippen LogP contribution >= 0.6 is 15.9 Å². The predicted molar refractivity (Wildman–Crippen MR) is 72.3 cm³/mol. The van der Waals surface area contributed by atoms with E-state index in [4.69, 9.17) is 4.42 Å². The van der Waals surface area contributed by atoms with Crippen molar-refractivity contribution in [2.75, 3.05) is 0 Å². The predicted octanol–water partition coefficient (Wildman–Crippen LogP) is 2.85. The van der Waals surface area contributed by atoms with Gasteiger partial charge in [0, 0.05) is 24.3 Å². The van der Waals surface area contributed by atoms with Gasteiger partial charge in [0.25, 0.3) is 0 Å². The van der Waals surface area contributed by atoms with Gasteiger partial charge in [0.05, 0.1) is 17.2 Å². The number of hydrogen-bond donors (Lipinski definition) is 1. The molecule has 1 saturated carbocycles. The van der Waals surface area contributed by atoms with Crippen LogP contribution < -0.4 is 5.32 Å². The van der Waals surface area contributed by atoms with Crippen molar-refractivity contribution >= 4 is 15.9 Å². The first-order valence-corrected chi connectivity index (χ1v) is 6.99. The summed E-state index contributed by atoms with van der Waals surface area (Å²) in [6.45, 7) is 3.60. The number of aryl methyl sites for hydroxylation is 1. The minimum Gasteiger partial charge on any atom is -0.464 e. The zero-order valence-electron chi connectivity index (χ0n) is 10.3. The van der Waals surface area contributed by atoms with Crippen LogP contribution in [-0.4, -0.2) is 15.8 Å². The third kappa shape index (κ3) is 2.84. The standard InChI is InChI=1S/C13H16BrN3O/c1-9-10(5-15-12-2-3-12)4-13(18-9)8-17-7-11(14)6-16-17/h4,6-7,12,15H,2-3,5,8H2,1H3. The second kappa shape index (κ2) is 4.90. The van der Waals surface area contributed by atoms with E-state index in [1.807, 2.05) is 17.8 Å². The van der Waals surface area contributed by atoms with Gasteiger partial charge >= 0.3 is 0 Å². The number of halogens is 1. The number of nitrogens with zero attached hydrogens (tertiary/aromatic N) is 2. The number of nitrogens with one attached hydrogen (secondary N) is 1. The molecule has 2 aromatic rings. The Labute approximate surface area is 114 Å². The third-order valence-corrected chi connectivity index (χ3v) is 3.56. The number of aromatic nitrogens is 2. The van der Waals surface area contributed by atoms with Gasteiger partial charge in [-0.2, -0.15) is 5.10 Å². The quantitative estimate of drug-likeness (QED) is 0.923. The molecule has 1 N–H and O–H groups in total. The number of furan rings is 1. The monoisotopic (exact) mass is 309 g/mol. The van der Waals surface area contributed by atoms with Crippen LogP contribution in [0.3, 0.4) is 0 Å². The Morgan fingerprint density at radius 2 is 2.39 bits per heavy atom. The van der Waals surface area contributed by atoms with Gasteiger partial charge in [-0.1, -0.05) is 0 Å². The molecule has 3 rings (SSSR count). The van der Waals surface area contributed by atoms with E-state index in [1.54, 1.807) is 6.20 Å². The topological polar surface area (TPSA) is 43.0 Å². The van der Waals surface area contributed by atoms with Crippen molar-refractivity contribution in [2.24, 2.45) is 0 Å². The fourth-order valence-electron chi connectivity index (χ4n) is 1.97. The highest BCUT2D eigenvalue weighted by atomic mass is 79.9. The molecule has 2 aromatic heterocycles. The van der Waals surface area contributed by atoms with Crippen LogP contribution in [0.2, 0.25) is 0 Å². The summed E-state index contributed by atoms with van der Waals surface area (Å²) in [4.78, 5) is 0. The molecule has 0 radical (unpaired) electrons. The van der Waals surface area contributed by atoms with Crippen molar-refractivity contribution in [1.82, 2.24) is 15.1 Å². The Balaban J connectivity index is 1.66. The molecule has 2 heterocycles. The van der Waals surface area contributed by atoms with Gasteiger partial charge < -0.3 is 9.73 Å². The Kier molecular flexibility index (Phi) is 3.26. The summed E-state index contributed by atoms with van der Waals surface area (Å²) in [5.74, 6) is 1.96. The lowest BCUT2D eigenvalue weighted by Crippen LogP contribution is -2.15. The van der Waals surface area contributed by atoms with Crippen molar-refractivity contribution < 1.29 is 4.42 Å². The highest BCUT2D eigenvalue weighted by Crippen LogP contribution is 2.21. The van der Waals surface area contributed by atoms with Gasteiger partial charge in [-0.25, -0.2) is 0 Å². The van der Waals surface area contributed by atoms with Gasteiger partial charge in [0.2, 0.25) is 0 Å². The van der Waals surface area contributed by atoms with E-state index in [-0.39, 0.29) is 0 Å². The molecule has 5 heteroatoms. The van der Waals surface area contributed by atoms with E-state index in [2.05, 4.69) is 32.4 Å².